The van der Waals surface area contributed by atoms with Crippen LogP contribution in [0, 0.1) is 0 Å². The molecule has 0 bridgehead atoms. The first-order valence-corrected chi connectivity index (χ1v) is 23.5. The fourth-order valence-electron chi connectivity index (χ4n) is 12.8. The third-order valence-electron chi connectivity index (χ3n) is 15.4. The molecule has 67 heavy (non-hydrogen) atoms. The molecule has 15 rings (SSSR count). The Bertz CT molecular complexity index is 4150. The van der Waals surface area contributed by atoms with Crippen LogP contribution in [-0.4, -0.2) is 0 Å². The molecule has 0 saturated carbocycles. The Balaban J connectivity index is 0.952. The summed E-state index contributed by atoms with van der Waals surface area (Å²) in [6.45, 7) is 0. The Kier molecular flexibility index (Phi) is 7.52. The van der Waals surface area contributed by atoms with E-state index in [1.807, 2.05) is 0 Å². The van der Waals surface area contributed by atoms with Crippen molar-refractivity contribution in [2.24, 2.45) is 0 Å². The fourth-order valence-corrected chi connectivity index (χ4v) is 12.8. The van der Waals surface area contributed by atoms with Gasteiger partial charge in [0.1, 0.15) is 0 Å². The van der Waals surface area contributed by atoms with Gasteiger partial charge in [0.2, 0.25) is 0 Å². The highest BCUT2D eigenvalue weighted by Crippen LogP contribution is 2.66. The van der Waals surface area contributed by atoms with Crippen LogP contribution in [0.4, 0.5) is 0 Å². The summed E-state index contributed by atoms with van der Waals surface area (Å²) >= 11 is 0. The average molecular weight is 845 g/mol. The molecule has 0 nitrogen and oxygen atoms in total. The van der Waals surface area contributed by atoms with Crippen LogP contribution in [0.2, 0.25) is 0 Å². The van der Waals surface area contributed by atoms with E-state index >= 15 is 0 Å². The summed E-state index contributed by atoms with van der Waals surface area (Å²) in [5.74, 6) is 0. The molecule has 13 aromatic rings. The van der Waals surface area contributed by atoms with Crippen LogP contribution < -0.4 is 0 Å². The topological polar surface area (TPSA) is 0 Å². The van der Waals surface area contributed by atoms with Crippen LogP contribution in [0.5, 0.6) is 0 Å². The van der Waals surface area contributed by atoms with Gasteiger partial charge >= 0.3 is 0 Å². The lowest BCUT2D eigenvalue weighted by molar-refractivity contribution is 0.802. The van der Waals surface area contributed by atoms with Crippen LogP contribution in [0.3, 0.4) is 0 Å². The van der Waals surface area contributed by atoms with Gasteiger partial charge < -0.3 is 0 Å². The summed E-state index contributed by atoms with van der Waals surface area (Å²) in [6, 6.07) is 91.3. The van der Waals surface area contributed by atoms with E-state index in [1.54, 1.807) is 0 Å². The van der Waals surface area contributed by atoms with E-state index in [4.69, 9.17) is 0 Å². The molecule has 0 heterocycles. The first-order valence-electron chi connectivity index (χ1n) is 23.5. The van der Waals surface area contributed by atoms with E-state index in [2.05, 4.69) is 243 Å². The molecule has 0 aliphatic heterocycles. The Labute approximate surface area is 388 Å². The monoisotopic (exact) mass is 844 g/mol. The van der Waals surface area contributed by atoms with Crippen molar-refractivity contribution in [3.05, 3.63) is 265 Å². The second-order valence-corrected chi connectivity index (χ2v) is 18.6. The van der Waals surface area contributed by atoms with Crippen LogP contribution in [0.25, 0.3) is 120 Å². The molecule has 2 aliphatic rings. The van der Waals surface area contributed by atoms with Crippen LogP contribution in [0.1, 0.15) is 22.3 Å². The van der Waals surface area contributed by atoms with Gasteiger partial charge in [-0.2, -0.15) is 0 Å². The number of hydrogen-bond donors (Lipinski definition) is 0. The summed E-state index contributed by atoms with van der Waals surface area (Å²) in [5, 5.41) is 15.4. The highest BCUT2D eigenvalue weighted by Gasteiger charge is 2.53. The maximum atomic E-state index is 2.47. The molecule has 0 aromatic heterocycles. The summed E-state index contributed by atoms with van der Waals surface area (Å²) in [6.07, 6.45) is 0. The number of hydrogen-bond acceptors (Lipinski definition) is 0. The first-order chi connectivity index (χ1) is 33.3. The van der Waals surface area contributed by atoms with Crippen molar-refractivity contribution in [3.63, 3.8) is 0 Å². The maximum Gasteiger partial charge on any atom is 0.0732 e. The lowest BCUT2D eigenvalue weighted by Gasteiger charge is -2.32. The zero-order valence-corrected chi connectivity index (χ0v) is 36.6. The molecule has 0 saturated heterocycles. The summed E-state index contributed by atoms with van der Waals surface area (Å²) in [7, 11) is 0. The van der Waals surface area contributed by atoms with Gasteiger partial charge in [-0.25, -0.2) is 0 Å². The van der Waals surface area contributed by atoms with Crippen molar-refractivity contribution >= 4 is 64.6 Å². The summed E-state index contributed by atoms with van der Waals surface area (Å²) in [4.78, 5) is 0. The van der Waals surface area contributed by atoms with Gasteiger partial charge in [0.15, 0.2) is 0 Å². The van der Waals surface area contributed by atoms with Gasteiger partial charge in [-0.15, -0.1) is 0 Å². The molecular formula is C67H40. The van der Waals surface area contributed by atoms with Crippen molar-refractivity contribution in [3.8, 4) is 55.6 Å². The predicted octanol–water partition coefficient (Wildman–Crippen LogP) is 18.0. The van der Waals surface area contributed by atoms with Crippen molar-refractivity contribution < 1.29 is 0 Å². The lowest BCUT2D eigenvalue weighted by atomic mass is 9.69. The summed E-state index contributed by atoms with van der Waals surface area (Å²) in [5.41, 5.74) is 17.9. The normalized spacial score (nSPS) is 13.2. The molecule has 13 aromatic carbocycles. The van der Waals surface area contributed by atoms with Crippen LogP contribution in [0.15, 0.2) is 243 Å². The fraction of sp³-hybridized carbons (Fsp3) is 0.0149. The molecule has 0 radical (unpaired) electrons. The number of fused-ring (bicyclic) bond motifs is 20. The predicted molar refractivity (Wildman–Crippen MR) is 284 cm³/mol. The van der Waals surface area contributed by atoms with Crippen LogP contribution >= 0.6 is 0 Å². The van der Waals surface area contributed by atoms with Gasteiger partial charge in [-0.3, -0.25) is 0 Å². The van der Waals surface area contributed by atoms with E-state index in [-0.39, 0.29) is 0 Å². The largest absolute Gasteiger partial charge is 0.0732 e. The molecule has 1 spiro atoms. The SMILES string of the molecule is c1ccc2c(c1)-c1ccccc1C21c2ccc3ccccc3c2-c2c1c1ccc(-c3ccc(-c4c5ccccc5c(-c5cccc6ccccc56)c5ccccc45)cc3)cc1c1ccccc21. The molecule has 0 heteroatoms. The van der Waals surface area contributed by atoms with Crippen molar-refractivity contribution in [2.75, 3.05) is 0 Å². The molecule has 0 fully saturated rings. The third-order valence-corrected chi connectivity index (χ3v) is 15.4. The van der Waals surface area contributed by atoms with E-state index in [0.29, 0.717) is 0 Å². The highest BCUT2D eigenvalue weighted by atomic mass is 14.5. The minimum atomic E-state index is -0.470. The van der Waals surface area contributed by atoms with Crippen LogP contribution in [-0.2, 0) is 5.41 Å². The lowest BCUT2D eigenvalue weighted by Crippen LogP contribution is -2.26. The minimum absolute atomic E-state index is 0.470. The Morgan fingerprint density at radius 3 is 1.33 bits per heavy atom. The minimum Gasteiger partial charge on any atom is -0.0619 e. The van der Waals surface area contributed by atoms with Crippen molar-refractivity contribution in [1.82, 2.24) is 0 Å². The molecule has 0 unspecified atom stereocenters. The van der Waals surface area contributed by atoms with Crippen molar-refractivity contribution in [1.29, 1.82) is 0 Å². The smallest absolute Gasteiger partial charge is 0.0619 e. The second kappa shape index (κ2) is 13.7. The van der Waals surface area contributed by atoms with E-state index in [9.17, 15) is 0 Å². The highest BCUT2D eigenvalue weighted by molar-refractivity contribution is 6.25. The molecule has 0 amide bonds. The number of benzene rings is 13. The van der Waals surface area contributed by atoms with Gasteiger partial charge in [-0.1, -0.05) is 237 Å². The zero-order valence-electron chi connectivity index (χ0n) is 36.6. The quantitative estimate of drug-likeness (QED) is 0.123. The van der Waals surface area contributed by atoms with E-state index < -0.39 is 5.41 Å². The standard InChI is InChI=1S/C67H40/c1-3-19-46-42(16-1)18-15-29-51(46)63-55-27-9-7-25-53(55)62(54-26-8-10-28-56(54)63)44-34-32-41(33-35-44)45-36-38-57-58(40-45)48-21-5-6-24-52(48)65-64-47-20-4-2-17-43(47)37-39-61(64)67(66(57)65)59-30-13-11-22-49(59)50-23-12-14-31-60(50)67/h1-40H. The zero-order chi connectivity index (χ0) is 43.8. The Hall–Kier alpha value is -8.58. The van der Waals surface area contributed by atoms with E-state index in [0.717, 1.165) is 0 Å². The van der Waals surface area contributed by atoms with Gasteiger partial charge in [0, 0.05) is 0 Å². The number of rotatable bonds is 3. The molecule has 0 N–H and O–H groups in total. The van der Waals surface area contributed by atoms with Gasteiger partial charge in [-0.05, 0) is 149 Å². The molecule has 0 atom stereocenters. The molecule has 2 aliphatic carbocycles. The van der Waals surface area contributed by atoms with E-state index in [1.165, 1.54) is 143 Å². The first kappa shape index (κ1) is 36.7. The third kappa shape index (κ3) is 4.86. The Morgan fingerprint density at radius 2 is 0.672 bits per heavy atom. The van der Waals surface area contributed by atoms with Gasteiger partial charge in [0.05, 0.1) is 5.41 Å². The molecular weight excluding hydrogens is 805 g/mol. The maximum absolute atomic E-state index is 2.47. The average Bonchev–Trinajstić information content (AvgIpc) is 3.88. The Morgan fingerprint density at radius 1 is 0.209 bits per heavy atom. The van der Waals surface area contributed by atoms with Crippen molar-refractivity contribution in [2.45, 2.75) is 5.41 Å². The molecule has 308 valence electrons. The summed E-state index contributed by atoms with van der Waals surface area (Å²) < 4.78 is 0. The second-order valence-electron chi connectivity index (χ2n) is 18.6. The van der Waals surface area contributed by atoms with Gasteiger partial charge in [0.25, 0.3) is 0 Å².